The molecule has 57 nitrogen and oxygen atoms in total. The van der Waals surface area contributed by atoms with Crippen LogP contribution in [0.2, 0.25) is 0 Å². The van der Waals surface area contributed by atoms with E-state index >= 15 is 0 Å². The van der Waals surface area contributed by atoms with E-state index in [1.807, 2.05) is 60.7 Å². The number of nitrogens with two attached hydrogens (primary N) is 4. The maximum absolute atomic E-state index is 14.9. The summed E-state index contributed by atoms with van der Waals surface area (Å²) in [4.78, 5) is 180. The van der Waals surface area contributed by atoms with Crippen LogP contribution in [0.5, 0.6) is 11.5 Å². The lowest BCUT2D eigenvalue weighted by Crippen LogP contribution is -2.33. The lowest BCUT2D eigenvalue weighted by molar-refractivity contribution is -0.0712. The number of H-pyrrole nitrogens is 5. The van der Waals surface area contributed by atoms with Gasteiger partial charge in [-0.15, -0.1) is 0 Å². The van der Waals surface area contributed by atoms with Crippen molar-refractivity contribution in [3.63, 3.8) is 0 Å². The van der Waals surface area contributed by atoms with E-state index in [1.165, 1.54) is 22.3 Å². The second-order valence-corrected chi connectivity index (χ2v) is 38.1. The van der Waals surface area contributed by atoms with Crippen molar-refractivity contribution in [1.82, 2.24) is 87.6 Å². The minimum atomic E-state index is -5.68. The standard InChI is InChI=1S/C73H85N22O35P5/c1-35-22-91(73(102)90-64(35)97)51-17-41(46(121-51)26-113-23-38-12-13-39(114-24-36-8-4-2-5-9-36)40(16-38)115-25-37-10-6-3-7-11-37)129-135(111,112)130-45-21-55(95-34-81-59-63(95)85-72(77)89-68(59)101)125-50(45)30-120-134(109,110)128-44-20-54(94-33-80-58-62(94)84-71(76)88-67(58)100)124-49(44)29-119-133(107,108)127-43-19-53(93-32-79-57-61(93)83-70(75)87-66(57)99)123-48(43)28-118-132(105,106)126-42-18-52(122-47(42)27-117-131(103,104)116-15-14-96)92-31-78-56-60(92)82-69(74)86-65(56)98/h2-13,16,22,31-34,41-55,96H,14-15,17-21,23-30H2,1H3,(H,103,104)(H,105,106)(H,107,108)(H,109,110)(H,111,112)(H,90,97,102)(H3,74,82,86,98)(H3,75,83,87,99)(H3,76,84,88,100)(H3,77,85,89,101)/t41-,42-,43-,44-,45-,46+,47+,48+,49+,50+,51+,52+,53+,54+,55+/m0/s1. The third-order valence-corrected chi connectivity index (χ3v) is 26.8. The van der Waals surface area contributed by atoms with E-state index in [9.17, 15) is 81.2 Å². The molecule has 0 radical (unpaired) electrons. The highest BCUT2D eigenvalue weighted by molar-refractivity contribution is 7.48. The molecule has 20 atom stereocenters. The first-order valence-corrected chi connectivity index (χ1v) is 48.3. The van der Waals surface area contributed by atoms with Crippen LogP contribution in [0.3, 0.4) is 0 Å². The van der Waals surface area contributed by atoms with Gasteiger partial charge in [0.1, 0.15) is 105 Å². The van der Waals surface area contributed by atoms with Crippen LogP contribution in [-0.4, -0.2) is 224 Å². The Morgan fingerprint density at radius 1 is 0.385 bits per heavy atom. The molecule has 14 heterocycles. The van der Waals surface area contributed by atoms with E-state index in [0.29, 0.717) is 17.1 Å². The van der Waals surface area contributed by atoms with Crippen molar-refractivity contribution in [1.29, 1.82) is 0 Å². The second kappa shape index (κ2) is 39.5. The predicted molar refractivity (Wildman–Crippen MR) is 457 cm³/mol. The van der Waals surface area contributed by atoms with Gasteiger partial charge in [-0.05, 0) is 35.7 Å². The summed E-state index contributed by atoms with van der Waals surface area (Å²) < 4.78 is 183. The molecule has 0 aliphatic carbocycles. The zero-order valence-corrected chi connectivity index (χ0v) is 74.5. The van der Waals surface area contributed by atoms with Crippen LogP contribution in [0.1, 0.15) is 85.5 Å². The molecule has 17 rings (SSSR count). The van der Waals surface area contributed by atoms with Gasteiger partial charge in [-0.1, -0.05) is 66.7 Å². The summed E-state index contributed by atoms with van der Waals surface area (Å²) >= 11 is 0. The number of benzene rings is 3. The maximum Gasteiger partial charge on any atom is 0.472 e. The Labute approximate surface area is 754 Å². The number of phosphoric acid groups is 5. The summed E-state index contributed by atoms with van der Waals surface area (Å²) in [5, 5.41) is 9.24. The average molecular weight is 1990 g/mol. The summed E-state index contributed by atoms with van der Waals surface area (Å²) in [6.07, 6.45) is -20.3. The minimum Gasteiger partial charge on any atom is -0.485 e. The second-order valence-electron chi connectivity index (χ2n) is 31.1. The summed E-state index contributed by atoms with van der Waals surface area (Å²) in [5.74, 6) is -0.717. The number of nitrogens with zero attached hydrogens (tertiary/aromatic N) is 13. The number of nitrogen functional groups attached to an aromatic ring is 4. The topological polar surface area (TPSA) is 786 Å². The first-order valence-electron chi connectivity index (χ1n) is 40.8. The van der Waals surface area contributed by atoms with Gasteiger partial charge in [-0.3, -0.25) is 117 Å². The Morgan fingerprint density at radius 3 is 1.07 bits per heavy atom. The maximum atomic E-state index is 14.9. The molecule has 12 aromatic rings. The number of aromatic nitrogens is 18. The Bertz CT molecular complexity index is 7020. The Balaban J connectivity index is 0.606. The van der Waals surface area contributed by atoms with E-state index in [4.69, 9.17) is 106 Å². The van der Waals surface area contributed by atoms with Gasteiger partial charge < -0.3 is 90.4 Å². The molecule has 5 saturated heterocycles. The van der Waals surface area contributed by atoms with Crippen molar-refractivity contribution in [2.24, 2.45) is 0 Å². The fourth-order valence-electron chi connectivity index (χ4n) is 15.5. The molecule has 0 bridgehead atoms. The monoisotopic (exact) mass is 1980 g/mol. The summed E-state index contributed by atoms with van der Waals surface area (Å²) in [6, 6.07) is 24.0. The zero-order chi connectivity index (χ0) is 95.2. The molecule has 0 spiro atoms. The minimum absolute atomic E-state index is 0.0940. The number of aromatic amines is 5. The van der Waals surface area contributed by atoms with Crippen LogP contribution in [0.15, 0.2) is 139 Å². The number of aliphatic hydroxyl groups is 1. The van der Waals surface area contributed by atoms with Gasteiger partial charge in [0.15, 0.2) is 56.2 Å². The highest BCUT2D eigenvalue weighted by atomic mass is 31.2. The van der Waals surface area contributed by atoms with Crippen LogP contribution in [0.4, 0.5) is 23.8 Å². The van der Waals surface area contributed by atoms with Crippen molar-refractivity contribution in [3.05, 3.63) is 195 Å². The molecule has 19 N–H and O–H groups in total. The molecular weight excluding hydrogens is 1900 g/mol. The molecule has 5 aliphatic rings. The Morgan fingerprint density at radius 2 is 0.711 bits per heavy atom. The van der Waals surface area contributed by atoms with Gasteiger partial charge in [-0.2, -0.15) is 19.9 Å². The molecule has 135 heavy (non-hydrogen) atoms. The molecule has 0 saturated carbocycles. The van der Waals surface area contributed by atoms with Crippen LogP contribution >= 0.6 is 39.1 Å². The number of phosphoric ester groups is 5. The molecule has 9 aromatic heterocycles. The number of ether oxygens (including phenoxy) is 8. The third kappa shape index (κ3) is 22.3. The van der Waals surface area contributed by atoms with Crippen LogP contribution in [0.25, 0.3) is 44.7 Å². The van der Waals surface area contributed by atoms with Gasteiger partial charge in [0, 0.05) is 43.9 Å². The lowest BCUT2D eigenvalue weighted by atomic mass is 10.2. The fraction of sp³-hybridized carbons (Fsp3) is 0.425. The third-order valence-electron chi connectivity index (χ3n) is 21.7. The van der Waals surface area contributed by atoms with E-state index in [2.05, 4.69) is 64.8 Å². The smallest absolute Gasteiger partial charge is 0.472 e. The van der Waals surface area contributed by atoms with Crippen molar-refractivity contribution >= 4 is 108 Å². The molecule has 5 fully saturated rings. The highest BCUT2D eigenvalue weighted by Crippen LogP contribution is 2.57. The number of aryl methyl sites for hydroxylation is 1. The number of anilines is 4. The molecular formula is C73H85N22O35P5. The fourth-order valence-corrected chi connectivity index (χ4v) is 20.3. The number of imidazole rings is 4. The largest absolute Gasteiger partial charge is 0.485 e. The van der Waals surface area contributed by atoms with E-state index < -0.39 is 242 Å². The molecule has 722 valence electrons. The predicted octanol–water partition coefficient (Wildman–Crippen LogP) is 2.02. The lowest BCUT2D eigenvalue weighted by Gasteiger charge is -2.26. The van der Waals surface area contributed by atoms with E-state index in [-0.39, 0.29) is 95.0 Å². The first-order chi connectivity index (χ1) is 64.4. The molecule has 5 unspecified atom stereocenters. The van der Waals surface area contributed by atoms with Crippen molar-refractivity contribution in [3.8, 4) is 11.5 Å². The normalized spacial score (nSPS) is 25.4. The van der Waals surface area contributed by atoms with Crippen LogP contribution in [0, 0.1) is 6.92 Å². The SMILES string of the molecule is Cc1cn([C@H]2C[C@H](OP(=O)(O)O[C@H]3C[C@H](n4cnc5c(=O)[nH]c(N)nc54)O[C@@H]3COP(=O)(O)O[C@H]3C[C@H](n4cnc5c(=O)[nH]c(N)nc54)O[C@@H]3COP(=O)(O)O[C@H]3C[C@H](n4cnc5c(=O)[nH]c(N)nc54)O[C@@H]3COP(=O)(O)O[C@H]3C[C@H](n4cnc5c(=O)[nH]c(N)nc54)O[C@@H]3COP(=O)(O)OCCO)[C@@H](COCc3ccc(OCc4ccccc4)c(OCc4ccccc4)c3)O2)c(=O)[nH]c1=O. The molecule has 5 aliphatic heterocycles. The van der Waals surface area contributed by atoms with E-state index in [1.54, 1.807) is 18.2 Å². The van der Waals surface area contributed by atoms with Crippen LogP contribution in [-0.2, 0) is 116 Å². The van der Waals surface area contributed by atoms with Gasteiger partial charge in [0.25, 0.3) is 27.8 Å². The molecule has 3 aromatic carbocycles. The van der Waals surface area contributed by atoms with Gasteiger partial charge in [0.05, 0.1) is 78.2 Å². The average Bonchev–Trinajstić information content (AvgIpc) is 1.63. The summed E-state index contributed by atoms with van der Waals surface area (Å²) in [7, 11) is -27.4. The van der Waals surface area contributed by atoms with Gasteiger partial charge in [0.2, 0.25) is 23.8 Å². The van der Waals surface area contributed by atoms with E-state index in [0.717, 1.165) is 50.1 Å². The Hall–Kier alpha value is -11.2. The zero-order valence-electron chi connectivity index (χ0n) is 70.0. The summed E-state index contributed by atoms with van der Waals surface area (Å²) in [5.41, 5.74) is 19.6. The number of rotatable bonds is 40. The van der Waals surface area contributed by atoms with Crippen molar-refractivity contribution < 1.29 is 136 Å². The van der Waals surface area contributed by atoms with Gasteiger partial charge >= 0.3 is 44.8 Å². The number of aliphatic hydroxyl groups excluding tert-OH is 1. The van der Waals surface area contributed by atoms with Crippen molar-refractivity contribution in [2.45, 2.75) is 151 Å². The summed E-state index contributed by atoms with van der Waals surface area (Å²) in [6.45, 7) is -4.31. The van der Waals surface area contributed by atoms with Crippen molar-refractivity contribution in [2.75, 3.05) is 69.2 Å². The first kappa shape index (κ1) is 95.5. The highest BCUT2D eigenvalue weighted by Gasteiger charge is 2.52. The Kier molecular flexibility index (Phi) is 27.9. The van der Waals surface area contributed by atoms with Gasteiger partial charge in [-0.25, -0.2) is 47.6 Å². The molecule has 0 amide bonds. The quantitative estimate of drug-likeness (QED) is 0.0244. The number of hydrogen-bond acceptors (Lipinski definition) is 42. The van der Waals surface area contributed by atoms with Crippen LogP contribution < -0.4 is 65.9 Å². The number of fused-ring (bicyclic) bond motifs is 4. The number of hydrogen-bond donors (Lipinski definition) is 15. The number of nitrogens with one attached hydrogen (secondary N) is 5. The molecule has 62 heteroatoms.